The Balaban J connectivity index is 2.56. The van der Waals surface area contributed by atoms with Crippen LogP contribution in [-0.4, -0.2) is 27.9 Å². The predicted molar refractivity (Wildman–Crippen MR) is 92.7 cm³/mol. The number of carbonyl (C=O) groups excluding carboxylic acids is 1. The van der Waals surface area contributed by atoms with Gasteiger partial charge in [-0.1, -0.05) is 66.7 Å². The first-order valence-corrected chi connectivity index (χ1v) is 7.60. The van der Waals surface area contributed by atoms with Crippen LogP contribution in [0.25, 0.3) is 0 Å². The first-order valence-electron chi connectivity index (χ1n) is 7.60. The number of aliphatic carboxylic acids is 2. The molecule has 2 rings (SSSR count). The van der Waals surface area contributed by atoms with Crippen molar-refractivity contribution in [2.24, 2.45) is 0 Å². The van der Waals surface area contributed by atoms with E-state index in [4.69, 9.17) is 0 Å². The maximum absolute atomic E-state index is 12.7. The SMILES string of the molecule is C=C(C(=O)O)C(CC(=O)c1ccc(C)cc1)(C(=O)O)c1ccccc1. The standard InChI is InChI=1S/C20H18O5/c1-13-8-10-15(11-9-13)17(21)12-20(19(24)25,14(2)18(22)23)16-6-4-3-5-7-16/h3-11H,2,12H2,1H3,(H,22,23)(H,24,25). The Morgan fingerprint density at radius 1 is 0.960 bits per heavy atom. The fourth-order valence-electron chi connectivity index (χ4n) is 2.70. The highest BCUT2D eigenvalue weighted by Crippen LogP contribution is 2.37. The zero-order chi connectivity index (χ0) is 18.6. The Bertz CT molecular complexity index is 821. The third-order valence-corrected chi connectivity index (χ3v) is 4.20. The van der Waals surface area contributed by atoms with Crippen LogP contribution in [0.3, 0.4) is 0 Å². The van der Waals surface area contributed by atoms with E-state index in [-0.39, 0.29) is 5.56 Å². The molecule has 0 fully saturated rings. The van der Waals surface area contributed by atoms with Crippen molar-refractivity contribution in [3.05, 3.63) is 83.4 Å². The van der Waals surface area contributed by atoms with Crippen LogP contribution in [0.4, 0.5) is 0 Å². The van der Waals surface area contributed by atoms with E-state index in [0.29, 0.717) is 5.56 Å². The lowest BCUT2D eigenvalue weighted by molar-refractivity contribution is -0.145. The first-order chi connectivity index (χ1) is 11.8. The number of rotatable bonds is 7. The van der Waals surface area contributed by atoms with Crippen LogP contribution < -0.4 is 0 Å². The summed E-state index contributed by atoms with van der Waals surface area (Å²) in [6.07, 6.45) is -0.527. The second-order valence-corrected chi connectivity index (χ2v) is 5.83. The molecule has 0 bridgehead atoms. The summed E-state index contributed by atoms with van der Waals surface area (Å²) in [4.78, 5) is 36.3. The summed E-state index contributed by atoms with van der Waals surface area (Å²) >= 11 is 0. The lowest BCUT2D eigenvalue weighted by Gasteiger charge is -2.29. The van der Waals surface area contributed by atoms with Crippen LogP contribution >= 0.6 is 0 Å². The maximum atomic E-state index is 12.7. The monoisotopic (exact) mass is 338 g/mol. The average molecular weight is 338 g/mol. The van der Waals surface area contributed by atoms with Gasteiger partial charge in [-0.05, 0) is 12.5 Å². The number of carboxylic acid groups (broad SMARTS) is 2. The molecule has 0 saturated heterocycles. The Kier molecular flexibility index (Phi) is 5.17. The average Bonchev–Trinajstić information content (AvgIpc) is 2.59. The van der Waals surface area contributed by atoms with Crippen LogP contribution in [0.2, 0.25) is 0 Å². The molecular weight excluding hydrogens is 320 g/mol. The van der Waals surface area contributed by atoms with Crippen molar-refractivity contribution < 1.29 is 24.6 Å². The third kappa shape index (κ3) is 3.50. The van der Waals surface area contributed by atoms with Crippen molar-refractivity contribution in [3.8, 4) is 0 Å². The van der Waals surface area contributed by atoms with Crippen molar-refractivity contribution in [1.82, 2.24) is 0 Å². The topological polar surface area (TPSA) is 91.7 Å². The molecule has 2 aromatic carbocycles. The minimum absolute atomic E-state index is 0.204. The molecule has 5 nitrogen and oxygen atoms in total. The molecule has 0 spiro atoms. The van der Waals surface area contributed by atoms with Crippen LogP contribution in [0.5, 0.6) is 0 Å². The molecule has 0 aliphatic heterocycles. The molecule has 2 aromatic rings. The van der Waals surface area contributed by atoms with E-state index in [9.17, 15) is 24.6 Å². The number of aryl methyl sites for hydroxylation is 1. The number of hydrogen-bond donors (Lipinski definition) is 2. The predicted octanol–water partition coefficient (Wildman–Crippen LogP) is 3.23. The number of hydrogen-bond acceptors (Lipinski definition) is 3. The van der Waals surface area contributed by atoms with Crippen molar-refractivity contribution in [2.45, 2.75) is 18.8 Å². The number of ketones is 1. The first kappa shape index (κ1) is 18.1. The number of benzene rings is 2. The quantitative estimate of drug-likeness (QED) is 0.597. The maximum Gasteiger partial charge on any atom is 0.332 e. The summed E-state index contributed by atoms with van der Waals surface area (Å²) in [5.74, 6) is -3.34. The highest BCUT2D eigenvalue weighted by molar-refractivity contribution is 6.06. The summed E-state index contributed by atoms with van der Waals surface area (Å²) in [5, 5.41) is 19.2. The Morgan fingerprint density at radius 2 is 1.52 bits per heavy atom. The minimum Gasteiger partial charge on any atom is -0.480 e. The zero-order valence-electron chi connectivity index (χ0n) is 13.7. The Labute approximate surface area is 145 Å². The Morgan fingerprint density at radius 3 is 2.00 bits per heavy atom. The van der Waals surface area contributed by atoms with Crippen molar-refractivity contribution in [1.29, 1.82) is 0 Å². The van der Waals surface area contributed by atoms with Gasteiger partial charge in [0.1, 0.15) is 5.41 Å². The van der Waals surface area contributed by atoms with Gasteiger partial charge >= 0.3 is 11.9 Å². The van der Waals surface area contributed by atoms with Gasteiger partial charge in [0.25, 0.3) is 0 Å². The van der Waals surface area contributed by atoms with Gasteiger partial charge in [-0.3, -0.25) is 9.59 Å². The number of Topliss-reactive ketones (excluding diaryl/α,β-unsaturated/α-hetero) is 1. The lowest BCUT2D eigenvalue weighted by atomic mass is 9.70. The van der Waals surface area contributed by atoms with Gasteiger partial charge in [0.05, 0.1) is 5.57 Å². The largest absolute Gasteiger partial charge is 0.480 e. The van der Waals surface area contributed by atoms with Gasteiger partial charge in [-0.2, -0.15) is 0 Å². The molecule has 0 aliphatic rings. The molecule has 128 valence electrons. The molecule has 0 heterocycles. The van der Waals surface area contributed by atoms with Gasteiger partial charge in [0, 0.05) is 12.0 Å². The normalized spacial score (nSPS) is 12.8. The summed E-state index contributed by atoms with van der Waals surface area (Å²) in [6, 6.07) is 14.5. The smallest absolute Gasteiger partial charge is 0.332 e. The van der Waals surface area contributed by atoms with Crippen LogP contribution in [0, 0.1) is 6.92 Å². The van der Waals surface area contributed by atoms with Crippen LogP contribution in [0.15, 0.2) is 66.7 Å². The second kappa shape index (κ2) is 7.13. The molecule has 1 unspecified atom stereocenters. The second-order valence-electron chi connectivity index (χ2n) is 5.83. The van der Waals surface area contributed by atoms with Gasteiger partial charge in [-0.15, -0.1) is 0 Å². The Hall–Kier alpha value is -3.21. The van der Waals surface area contributed by atoms with E-state index in [1.165, 1.54) is 12.1 Å². The van der Waals surface area contributed by atoms with Crippen LogP contribution in [0.1, 0.15) is 27.9 Å². The molecule has 0 aliphatic carbocycles. The lowest BCUT2D eigenvalue weighted by Crippen LogP contribution is -2.42. The fraction of sp³-hybridized carbons (Fsp3) is 0.150. The van der Waals surface area contributed by atoms with Crippen molar-refractivity contribution in [3.63, 3.8) is 0 Å². The van der Waals surface area contributed by atoms with E-state index < -0.39 is 35.1 Å². The molecule has 2 N–H and O–H groups in total. The van der Waals surface area contributed by atoms with Gasteiger partial charge in [0.2, 0.25) is 0 Å². The van der Waals surface area contributed by atoms with E-state index in [2.05, 4.69) is 6.58 Å². The zero-order valence-corrected chi connectivity index (χ0v) is 13.7. The molecule has 25 heavy (non-hydrogen) atoms. The summed E-state index contributed by atoms with van der Waals surface area (Å²) < 4.78 is 0. The summed E-state index contributed by atoms with van der Waals surface area (Å²) in [6.45, 7) is 5.32. The molecule has 0 amide bonds. The van der Waals surface area contributed by atoms with Gasteiger partial charge < -0.3 is 10.2 Å². The van der Waals surface area contributed by atoms with Crippen molar-refractivity contribution in [2.75, 3.05) is 0 Å². The van der Waals surface area contributed by atoms with E-state index in [1.54, 1.807) is 42.5 Å². The molecule has 5 heteroatoms. The number of carboxylic acids is 2. The van der Waals surface area contributed by atoms with Gasteiger partial charge in [-0.25, -0.2) is 4.79 Å². The molecule has 1 atom stereocenters. The highest BCUT2D eigenvalue weighted by atomic mass is 16.4. The molecule has 0 saturated carbocycles. The highest BCUT2D eigenvalue weighted by Gasteiger charge is 2.47. The van der Waals surface area contributed by atoms with E-state index in [0.717, 1.165) is 5.56 Å². The van der Waals surface area contributed by atoms with E-state index >= 15 is 0 Å². The molecular formula is C20H18O5. The summed E-state index contributed by atoms with van der Waals surface area (Å²) in [5.41, 5.74) is -1.10. The molecule has 0 aromatic heterocycles. The van der Waals surface area contributed by atoms with Gasteiger partial charge in [0.15, 0.2) is 5.78 Å². The third-order valence-electron chi connectivity index (χ3n) is 4.20. The van der Waals surface area contributed by atoms with Crippen molar-refractivity contribution >= 4 is 17.7 Å². The minimum atomic E-state index is -2.03. The molecule has 0 radical (unpaired) electrons. The fourth-order valence-corrected chi connectivity index (χ4v) is 2.70. The summed E-state index contributed by atoms with van der Waals surface area (Å²) in [7, 11) is 0. The van der Waals surface area contributed by atoms with Crippen LogP contribution in [-0.2, 0) is 15.0 Å². The number of carbonyl (C=O) groups is 3. The van der Waals surface area contributed by atoms with E-state index in [1.807, 2.05) is 6.92 Å².